The zero-order valence-electron chi connectivity index (χ0n) is 13.4. The van der Waals surface area contributed by atoms with Crippen LogP contribution in [0.4, 0.5) is 0 Å². The quantitative estimate of drug-likeness (QED) is 0.410. The number of esters is 1. The predicted octanol–water partition coefficient (Wildman–Crippen LogP) is 4.55. The zero-order valence-corrected chi connectivity index (χ0v) is 15.1. The lowest BCUT2D eigenvalue weighted by Gasteiger charge is -2.04. The van der Waals surface area contributed by atoms with Crippen LogP contribution in [-0.2, 0) is 4.74 Å². The lowest BCUT2D eigenvalue weighted by Crippen LogP contribution is -2.02. The molecule has 4 rings (SSSR count). The van der Waals surface area contributed by atoms with E-state index in [1.807, 2.05) is 41.1 Å². The molecule has 1 N–H and O–H groups in total. The summed E-state index contributed by atoms with van der Waals surface area (Å²) < 4.78 is 7.64. The average molecular weight is 369 g/mol. The standard InChI is InChI=1S/C18H15N3O2S2/c1-2-23-17(22)15-10-12(18(24)25-15)14-7-8-19-21(14)16-9-11-5-3-4-6-13(11)20-16/h3-10,20,24H,2H2,1H3. The van der Waals surface area contributed by atoms with Gasteiger partial charge in [0.2, 0.25) is 0 Å². The van der Waals surface area contributed by atoms with Gasteiger partial charge in [0, 0.05) is 16.5 Å². The summed E-state index contributed by atoms with van der Waals surface area (Å²) in [6.07, 6.45) is 1.73. The first-order valence-corrected chi connectivity index (χ1v) is 9.06. The molecule has 0 radical (unpaired) electrons. The van der Waals surface area contributed by atoms with E-state index < -0.39 is 0 Å². The van der Waals surface area contributed by atoms with E-state index >= 15 is 0 Å². The van der Waals surface area contributed by atoms with Gasteiger partial charge in [-0.15, -0.1) is 24.0 Å². The van der Waals surface area contributed by atoms with Crippen LogP contribution in [0.25, 0.3) is 28.0 Å². The first-order chi connectivity index (χ1) is 12.2. The number of aromatic amines is 1. The lowest BCUT2D eigenvalue weighted by molar-refractivity contribution is 0.0532. The van der Waals surface area contributed by atoms with Crippen molar-refractivity contribution in [2.75, 3.05) is 6.61 Å². The first-order valence-electron chi connectivity index (χ1n) is 7.80. The number of thiol groups is 1. The van der Waals surface area contributed by atoms with E-state index in [-0.39, 0.29) is 5.97 Å². The minimum atomic E-state index is -0.328. The van der Waals surface area contributed by atoms with Crippen LogP contribution in [-0.4, -0.2) is 27.3 Å². The Morgan fingerprint density at radius 1 is 1.32 bits per heavy atom. The maximum atomic E-state index is 12.0. The molecular formula is C18H15N3O2S2. The Morgan fingerprint density at radius 2 is 2.16 bits per heavy atom. The molecular weight excluding hydrogens is 354 g/mol. The largest absolute Gasteiger partial charge is 0.462 e. The average Bonchev–Trinajstić information content (AvgIpc) is 3.31. The van der Waals surface area contributed by atoms with Crippen molar-refractivity contribution in [3.8, 4) is 17.1 Å². The van der Waals surface area contributed by atoms with Crippen LogP contribution < -0.4 is 0 Å². The molecule has 7 heteroatoms. The Hall–Kier alpha value is -2.51. The van der Waals surface area contributed by atoms with Gasteiger partial charge in [-0.1, -0.05) is 18.2 Å². The molecule has 3 aromatic heterocycles. The Balaban J connectivity index is 1.78. The van der Waals surface area contributed by atoms with Crippen molar-refractivity contribution in [2.45, 2.75) is 11.1 Å². The summed E-state index contributed by atoms with van der Waals surface area (Å²) in [6, 6.07) is 13.8. The molecule has 25 heavy (non-hydrogen) atoms. The van der Waals surface area contributed by atoms with Crippen LogP contribution in [0.15, 0.2) is 52.9 Å². The third-order valence-corrected chi connectivity index (χ3v) is 5.28. The van der Waals surface area contributed by atoms with E-state index in [4.69, 9.17) is 4.74 Å². The molecule has 0 spiro atoms. The molecule has 0 aliphatic heterocycles. The van der Waals surface area contributed by atoms with Gasteiger partial charge in [0.05, 0.1) is 22.7 Å². The Kier molecular flexibility index (Phi) is 4.10. The second-order valence-electron chi connectivity index (χ2n) is 5.42. The molecule has 0 fully saturated rings. The van der Waals surface area contributed by atoms with Crippen LogP contribution in [0.2, 0.25) is 0 Å². The number of para-hydroxylation sites is 1. The molecule has 0 aliphatic rings. The summed E-state index contributed by atoms with van der Waals surface area (Å²) in [5, 5.41) is 5.54. The number of hydrogen-bond donors (Lipinski definition) is 2. The molecule has 0 atom stereocenters. The van der Waals surface area contributed by atoms with E-state index in [0.717, 1.165) is 32.2 Å². The van der Waals surface area contributed by atoms with Crippen molar-refractivity contribution in [3.05, 3.63) is 53.5 Å². The highest BCUT2D eigenvalue weighted by Gasteiger charge is 2.18. The van der Waals surface area contributed by atoms with E-state index in [1.165, 1.54) is 11.3 Å². The number of hydrogen-bond acceptors (Lipinski definition) is 5. The smallest absolute Gasteiger partial charge is 0.348 e. The number of nitrogens with one attached hydrogen (secondary N) is 1. The van der Waals surface area contributed by atoms with Crippen LogP contribution in [0.3, 0.4) is 0 Å². The van der Waals surface area contributed by atoms with Gasteiger partial charge in [0.1, 0.15) is 10.7 Å². The fraction of sp³-hybridized carbons (Fsp3) is 0.111. The summed E-state index contributed by atoms with van der Waals surface area (Å²) in [7, 11) is 0. The van der Waals surface area contributed by atoms with Gasteiger partial charge >= 0.3 is 5.97 Å². The Labute approximate surface area is 153 Å². The number of ether oxygens (including phenoxy) is 1. The number of carbonyl (C=O) groups is 1. The topological polar surface area (TPSA) is 59.9 Å². The van der Waals surface area contributed by atoms with E-state index in [0.29, 0.717) is 11.5 Å². The highest BCUT2D eigenvalue weighted by atomic mass is 32.2. The van der Waals surface area contributed by atoms with Gasteiger partial charge < -0.3 is 9.72 Å². The number of benzene rings is 1. The number of fused-ring (bicyclic) bond motifs is 1. The first kappa shape index (κ1) is 16.0. The third kappa shape index (κ3) is 2.85. The molecule has 0 amide bonds. The monoisotopic (exact) mass is 369 g/mol. The fourth-order valence-electron chi connectivity index (χ4n) is 2.74. The summed E-state index contributed by atoms with van der Waals surface area (Å²) >= 11 is 5.84. The maximum Gasteiger partial charge on any atom is 0.348 e. The molecule has 0 bridgehead atoms. The molecule has 0 saturated heterocycles. The molecule has 0 aliphatic carbocycles. The van der Waals surface area contributed by atoms with Gasteiger partial charge in [-0.25, -0.2) is 9.48 Å². The van der Waals surface area contributed by atoms with Crippen molar-refractivity contribution in [3.63, 3.8) is 0 Å². The minimum Gasteiger partial charge on any atom is -0.462 e. The number of carbonyl (C=O) groups excluding carboxylic acids is 1. The molecule has 126 valence electrons. The number of rotatable bonds is 4. The minimum absolute atomic E-state index is 0.328. The highest BCUT2D eigenvalue weighted by Crippen LogP contribution is 2.35. The second kappa shape index (κ2) is 6.42. The van der Waals surface area contributed by atoms with Crippen molar-refractivity contribution in [1.82, 2.24) is 14.8 Å². The SMILES string of the molecule is CCOC(=O)c1cc(-c2ccnn2-c2cc3ccccc3[nH]2)c(S)s1. The van der Waals surface area contributed by atoms with Gasteiger partial charge in [-0.2, -0.15) is 5.10 Å². The molecule has 3 heterocycles. The summed E-state index contributed by atoms with van der Waals surface area (Å²) in [4.78, 5) is 15.9. The van der Waals surface area contributed by atoms with Crippen molar-refractivity contribution >= 4 is 40.8 Å². The third-order valence-electron chi connectivity index (χ3n) is 3.85. The Bertz CT molecular complexity index is 1030. The van der Waals surface area contributed by atoms with Crippen molar-refractivity contribution in [2.24, 2.45) is 0 Å². The highest BCUT2D eigenvalue weighted by molar-refractivity contribution is 7.83. The maximum absolute atomic E-state index is 12.0. The van der Waals surface area contributed by atoms with Crippen molar-refractivity contribution in [1.29, 1.82) is 0 Å². The van der Waals surface area contributed by atoms with Gasteiger partial charge in [-0.05, 0) is 31.2 Å². The number of H-pyrrole nitrogens is 1. The number of thiophene rings is 1. The van der Waals surface area contributed by atoms with Crippen LogP contribution >= 0.6 is 24.0 Å². The molecule has 4 aromatic rings. The van der Waals surface area contributed by atoms with Gasteiger partial charge in [0.25, 0.3) is 0 Å². The molecule has 0 saturated carbocycles. The molecule has 0 unspecified atom stereocenters. The Morgan fingerprint density at radius 3 is 2.96 bits per heavy atom. The van der Waals surface area contributed by atoms with Crippen LogP contribution in [0, 0.1) is 0 Å². The van der Waals surface area contributed by atoms with Crippen LogP contribution in [0.5, 0.6) is 0 Å². The second-order valence-corrected chi connectivity index (χ2v) is 7.22. The lowest BCUT2D eigenvalue weighted by atomic mass is 10.2. The van der Waals surface area contributed by atoms with E-state index in [1.54, 1.807) is 19.2 Å². The summed E-state index contributed by atoms with van der Waals surface area (Å²) in [5.41, 5.74) is 2.76. The van der Waals surface area contributed by atoms with E-state index in [9.17, 15) is 4.79 Å². The number of aromatic nitrogens is 3. The molecule has 1 aromatic carbocycles. The predicted molar refractivity (Wildman–Crippen MR) is 102 cm³/mol. The fourth-order valence-corrected chi connectivity index (χ4v) is 4.01. The van der Waals surface area contributed by atoms with Crippen LogP contribution in [0.1, 0.15) is 16.6 Å². The summed E-state index contributed by atoms with van der Waals surface area (Å²) in [5.74, 6) is 0.531. The number of nitrogens with zero attached hydrogens (tertiary/aromatic N) is 2. The summed E-state index contributed by atoms with van der Waals surface area (Å²) in [6.45, 7) is 2.14. The van der Waals surface area contributed by atoms with Gasteiger partial charge in [-0.3, -0.25) is 0 Å². The molecule has 5 nitrogen and oxygen atoms in total. The normalized spacial score (nSPS) is 11.1. The van der Waals surface area contributed by atoms with Gasteiger partial charge in [0.15, 0.2) is 0 Å². The zero-order chi connectivity index (χ0) is 17.4. The van der Waals surface area contributed by atoms with E-state index in [2.05, 4.69) is 22.7 Å². The van der Waals surface area contributed by atoms with Crippen molar-refractivity contribution < 1.29 is 9.53 Å².